The lowest BCUT2D eigenvalue weighted by Crippen LogP contribution is -2.65. The fourth-order valence-corrected chi connectivity index (χ4v) is 7.12. The number of benzene rings is 1. The van der Waals surface area contributed by atoms with E-state index in [1.165, 1.54) is 4.90 Å². The zero-order chi connectivity index (χ0) is 30.8. The maximum atomic E-state index is 14.1. The van der Waals surface area contributed by atoms with Crippen LogP contribution in [0.2, 0.25) is 0 Å². The standard InChI is InChI=1S/C29H37N5O8/c1-32(2)17-11-16(31-18(35)12-34-7-5-6-8-34)23(36)20-14(17)9-13-10-15-22(33(3)4)25(38)21(28(30)41)27(40)29(15,42)26(39)19(13)24(20)37/h11,13,15,22,36-37,40,42H,5-10,12H2,1-4H3,(H2,30,41)(H,31,35)/t13?,15?,22-,29-/m0/s1. The quantitative estimate of drug-likeness (QED) is 0.196. The molecule has 7 N–H and O–H groups in total. The molecule has 0 bridgehead atoms. The first-order valence-electron chi connectivity index (χ1n) is 13.9. The number of aromatic hydroxyl groups is 1. The molecule has 4 atom stereocenters. The average molecular weight is 584 g/mol. The highest BCUT2D eigenvalue weighted by Gasteiger charge is 2.64. The average Bonchev–Trinajstić information content (AvgIpc) is 3.40. The van der Waals surface area contributed by atoms with Crippen molar-refractivity contribution < 1.29 is 39.6 Å². The summed E-state index contributed by atoms with van der Waals surface area (Å²) in [7, 11) is 6.63. The Hall–Kier alpha value is -3.94. The van der Waals surface area contributed by atoms with Gasteiger partial charge < -0.3 is 36.4 Å². The van der Waals surface area contributed by atoms with E-state index in [4.69, 9.17) is 5.73 Å². The fourth-order valence-electron chi connectivity index (χ4n) is 7.12. The van der Waals surface area contributed by atoms with E-state index in [-0.39, 0.29) is 42.1 Å². The summed E-state index contributed by atoms with van der Waals surface area (Å²) < 4.78 is 0. The van der Waals surface area contributed by atoms with Gasteiger partial charge in [0.15, 0.2) is 11.4 Å². The maximum Gasteiger partial charge on any atom is 0.255 e. The lowest BCUT2D eigenvalue weighted by atomic mass is 9.57. The zero-order valence-corrected chi connectivity index (χ0v) is 24.1. The van der Waals surface area contributed by atoms with E-state index in [9.17, 15) is 39.6 Å². The number of primary amides is 1. The second-order valence-electron chi connectivity index (χ2n) is 12.0. The predicted octanol–water partition coefficient (Wildman–Crippen LogP) is 0.0643. The SMILES string of the molecule is CN(C)c1cc(NC(=O)CN2CCCC2)c(O)c2c1CC1CC3[C@H](N(C)C)C(=O)C(C(N)=O)=C(O)[C@@]3(O)C(=O)C1=C2O. The lowest BCUT2D eigenvalue weighted by Gasteiger charge is -2.50. The number of hydrogen-bond donors (Lipinski definition) is 6. The molecule has 2 unspecified atom stereocenters. The molecule has 1 saturated heterocycles. The number of likely N-dealkylation sites (N-methyl/N-ethyl adjacent to an activating group) is 1. The minimum atomic E-state index is -2.72. The van der Waals surface area contributed by atoms with Gasteiger partial charge in [0.25, 0.3) is 5.91 Å². The van der Waals surface area contributed by atoms with Crippen molar-refractivity contribution in [1.82, 2.24) is 9.80 Å². The molecule has 226 valence electrons. The largest absolute Gasteiger partial charge is 0.508 e. The van der Waals surface area contributed by atoms with Gasteiger partial charge in [-0.05, 0) is 70.4 Å². The monoisotopic (exact) mass is 583 g/mol. The van der Waals surface area contributed by atoms with Crippen LogP contribution in [0.5, 0.6) is 5.75 Å². The van der Waals surface area contributed by atoms with E-state index in [0.29, 0.717) is 11.3 Å². The molecule has 2 amide bonds. The maximum absolute atomic E-state index is 14.1. The summed E-state index contributed by atoms with van der Waals surface area (Å²) in [5.74, 6) is -7.57. The number of rotatable bonds is 6. The van der Waals surface area contributed by atoms with Crippen LogP contribution in [0, 0.1) is 11.8 Å². The van der Waals surface area contributed by atoms with Crippen LogP contribution in [0.4, 0.5) is 11.4 Å². The van der Waals surface area contributed by atoms with Gasteiger partial charge >= 0.3 is 0 Å². The number of phenols is 1. The second-order valence-corrected chi connectivity index (χ2v) is 12.0. The summed E-state index contributed by atoms with van der Waals surface area (Å²) in [5.41, 5.74) is 2.62. The number of aliphatic hydroxyl groups excluding tert-OH is 2. The summed E-state index contributed by atoms with van der Waals surface area (Å²) in [6.07, 6.45) is 2.15. The van der Waals surface area contributed by atoms with Crippen LogP contribution in [-0.2, 0) is 25.6 Å². The number of hydrogen-bond acceptors (Lipinski definition) is 11. The number of Topliss-reactive ketones (excluding diaryl/α,β-unsaturated/α-hetero) is 2. The summed E-state index contributed by atoms with van der Waals surface area (Å²) in [4.78, 5) is 57.5. The fraction of sp³-hybridized carbons (Fsp3) is 0.517. The summed E-state index contributed by atoms with van der Waals surface area (Å²) in [5, 5.41) is 48.4. The van der Waals surface area contributed by atoms with Crippen molar-refractivity contribution >= 4 is 40.5 Å². The van der Waals surface area contributed by atoms with E-state index in [0.717, 1.165) is 25.9 Å². The highest BCUT2D eigenvalue weighted by molar-refractivity contribution is 6.24. The van der Waals surface area contributed by atoms with Crippen molar-refractivity contribution in [3.63, 3.8) is 0 Å². The van der Waals surface area contributed by atoms with Crippen LogP contribution in [0.15, 0.2) is 23.0 Å². The van der Waals surface area contributed by atoms with Gasteiger partial charge in [0.2, 0.25) is 11.7 Å². The number of anilines is 2. The summed E-state index contributed by atoms with van der Waals surface area (Å²) >= 11 is 0. The molecule has 13 nitrogen and oxygen atoms in total. The third-order valence-electron chi connectivity index (χ3n) is 9.02. The number of nitrogens with one attached hydrogen (secondary N) is 1. The number of fused-ring (bicyclic) bond motifs is 3. The molecule has 5 rings (SSSR count). The molecular weight excluding hydrogens is 546 g/mol. The van der Waals surface area contributed by atoms with Gasteiger partial charge in [-0.25, -0.2) is 0 Å². The molecule has 0 spiro atoms. The molecule has 0 aromatic heterocycles. The Balaban J connectivity index is 1.64. The molecule has 2 fully saturated rings. The first-order valence-corrected chi connectivity index (χ1v) is 13.9. The number of nitrogens with zero attached hydrogens (tertiary/aromatic N) is 3. The van der Waals surface area contributed by atoms with E-state index in [1.54, 1.807) is 39.2 Å². The normalized spacial score (nSPS) is 27.6. The third-order valence-corrected chi connectivity index (χ3v) is 9.02. The molecule has 3 aliphatic carbocycles. The smallest absolute Gasteiger partial charge is 0.255 e. The van der Waals surface area contributed by atoms with E-state index in [2.05, 4.69) is 5.32 Å². The zero-order valence-electron chi connectivity index (χ0n) is 24.1. The number of phenolic OH excluding ortho intramolecular Hbond substituents is 1. The third kappa shape index (κ3) is 4.34. The van der Waals surface area contributed by atoms with Gasteiger partial charge in [-0.15, -0.1) is 0 Å². The van der Waals surface area contributed by atoms with Gasteiger partial charge in [0, 0.05) is 31.3 Å². The molecule has 1 aromatic rings. The van der Waals surface area contributed by atoms with Crippen molar-refractivity contribution in [2.45, 2.75) is 37.3 Å². The highest BCUT2D eigenvalue weighted by atomic mass is 16.3. The molecule has 0 radical (unpaired) electrons. The minimum Gasteiger partial charge on any atom is -0.508 e. The van der Waals surface area contributed by atoms with E-state index < -0.39 is 63.8 Å². The predicted molar refractivity (Wildman–Crippen MR) is 153 cm³/mol. The Bertz CT molecular complexity index is 1460. The molecule has 4 aliphatic rings. The molecular formula is C29H37N5O8. The Morgan fingerprint density at radius 3 is 2.33 bits per heavy atom. The molecule has 1 heterocycles. The number of amides is 2. The topological polar surface area (TPSA) is 197 Å². The van der Waals surface area contributed by atoms with Gasteiger partial charge in [-0.1, -0.05) is 0 Å². The number of ketones is 2. The molecule has 42 heavy (non-hydrogen) atoms. The van der Waals surface area contributed by atoms with Crippen molar-refractivity contribution in [3.05, 3.63) is 34.1 Å². The number of likely N-dealkylation sites (tertiary alicyclic amines) is 1. The van der Waals surface area contributed by atoms with Crippen molar-refractivity contribution in [2.75, 3.05) is 58.0 Å². The minimum absolute atomic E-state index is 0.00624. The first-order chi connectivity index (χ1) is 19.7. The van der Waals surface area contributed by atoms with Crippen LogP contribution in [0.3, 0.4) is 0 Å². The van der Waals surface area contributed by atoms with E-state index >= 15 is 0 Å². The van der Waals surface area contributed by atoms with Crippen LogP contribution in [-0.4, -0.2) is 113 Å². The van der Waals surface area contributed by atoms with Crippen molar-refractivity contribution in [1.29, 1.82) is 0 Å². The van der Waals surface area contributed by atoms with E-state index in [1.807, 2.05) is 4.90 Å². The van der Waals surface area contributed by atoms with Crippen LogP contribution < -0.4 is 16.0 Å². The van der Waals surface area contributed by atoms with Crippen molar-refractivity contribution in [2.24, 2.45) is 17.6 Å². The van der Waals surface area contributed by atoms with Gasteiger partial charge in [0.1, 0.15) is 22.8 Å². The molecule has 1 saturated carbocycles. The summed E-state index contributed by atoms with van der Waals surface area (Å²) in [6.45, 7) is 1.73. The molecule has 1 aliphatic heterocycles. The first kappa shape index (κ1) is 29.5. The van der Waals surface area contributed by atoms with Crippen molar-refractivity contribution in [3.8, 4) is 5.75 Å². The number of nitrogens with two attached hydrogens (primary N) is 1. The molecule has 1 aromatic carbocycles. The van der Waals surface area contributed by atoms with Crippen LogP contribution >= 0.6 is 0 Å². The van der Waals surface area contributed by atoms with Gasteiger partial charge in [-0.3, -0.25) is 29.0 Å². The Morgan fingerprint density at radius 2 is 1.76 bits per heavy atom. The second kappa shape index (κ2) is 10.4. The Morgan fingerprint density at radius 1 is 1.12 bits per heavy atom. The lowest BCUT2D eigenvalue weighted by molar-refractivity contribution is -0.153. The number of carbonyl (C=O) groups excluding carboxylic acids is 4. The number of carbonyl (C=O) groups is 4. The molecule has 13 heteroatoms. The summed E-state index contributed by atoms with van der Waals surface area (Å²) in [6, 6.07) is 0.452. The highest BCUT2D eigenvalue weighted by Crippen LogP contribution is 2.54. The Labute approximate surface area is 242 Å². The van der Waals surface area contributed by atoms with Crippen LogP contribution in [0.1, 0.15) is 30.4 Å². The van der Waals surface area contributed by atoms with Crippen LogP contribution in [0.25, 0.3) is 5.76 Å². The number of aliphatic hydroxyl groups is 3. The van der Waals surface area contributed by atoms with Gasteiger partial charge in [-0.2, -0.15) is 0 Å². The Kier molecular flexibility index (Phi) is 7.32. The van der Waals surface area contributed by atoms with Gasteiger partial charge in [0.05, 0.1) is 23.8 Å².